The van der Waals surface area contributed by atoms with Crippen LogP contribution in [0.25, 0.3) is 0 Å². The Labute approximate surface area is 87.5 Å². The molecular weight excluding hydrogens is 196 g/mol. The van der Waals surface area contributed by atoms with Gasteiger partial charge in [-0.2, -0.15) is 0 Å². The van der Waals surface area contributed by atoms with E-state index in [1.807, 2.05) is 6.20 Å². The molecule has 76 valence electrons. The summed E-state index contributed by atoms with van der Waals surface area (Å²) in [4.78, 5) is 9.91. The lowest BCUT2D eigenvalue weighted by Gasteiger charge is -2.02. The lowest BCUT2D eigenvalue weighted by Crippen LogP contribution is -2.33. The number of rotatable bonds is 3. The monoisotopic (exact) mass is 210 g/mol. The number of guanidine groups is 1. The Morgan fingerprint density at radius 1 is 1.64 bits per heavy atom. The van der Waals surface area contributed by atoms with Gasteiger partial charge in [0.2, 0.25) is 0 Å². The zero-order valence-corrected chi connectivity index (χ0v) is 9.02. The molecule has 1 aromatic rings. The molecule has 1 aliphatic heterocycles. The molecule has 0 bridgehead atoms. The summed E-state index contributed by atoms with van der Waals surface area (Å²) < 4.78 is 0. The summed E-state index contributed by atoms with van der Waals surface area (Å²) in [6.45, 7) is 4.74. The highest BCUT2D eigenvalue weighted by atomic mass is 32.1. The summed E-state index contributed by atoms with van der Waals surface area (Å²) in [5, 5.41) is 7.51. The fraction of sp³-hybridized carbons (Fsp3) is 0.556. The van der Waals surface area contributed by atoms with Crippen molar-refractivity contribution >= 4 is 17.3 Å². The Morgan fingerprint density at radius 3 is 3.21 bits per heavy atom. The van der Waals surface area contributed by atoms with Crippen LogP contribution in [0.1, 0.15) is 16.8 Å². The second-order valence-corrected chi connectivity index (χ2v) is 4.28. The Hall–Kier alpha value is -1.10. The third kappa shape index (κ3) is 2.23. The van der Waals surface area contributed by atoms with Gasteiger partial charge in [-0.05, 0) is 6.42 Å². The van der Waals surface area contributed by atoms with Crippen molar-refractivity contribution in [1.29, 1.82) is 0 Å². The fourth-order valence-electron chi connectivity index (χ4n) is 1.27. The summed E-state index contributed by atoms with van der Waals surface area (Å²) >= 11 is 1.76. The van der Waals surface area contributed by atoms with Crippen LogP contribution in [-0.4, -0.2) is 24.0 Å². The molecule has 0 aliphatic carbocycles. The minimum Gasteiger partial charge on any atom is -0.355 e. The average molecular weight is 210 g/mol. The first kappa shape index (κ1) is 9.45. The van der Waals surface area contributed by atoms with Crippen LogP contribution < -0.4 is 10.6 Å². The molecular formula is C9H14N4S. The number of aromatic nitrogens is 1. The maximum Gasteiger partial charge on any atom is 0.191 e. The number of thiazole rings is 1. The van der Waals surface area contributed by atoms with Gasteiger partial charge in [0, 0.05) is 17.6 Å². The van der Waals surface area contributed by atoms with E-state index in [4.69, 9.17) is 0 Å². The number of hydrogen-bond donors (Lipinski definition) is 2. The molecule has 0 atom stereocenters. The molecule has 5 heteroatoms. The van der Waals surface area contributed by atoms with Crippen molar-refractivity contribution in [2.24, 2.45) is 4.99 Å². The third-order valence-electron chi connectivity index (χ3n) is 2.03. The minimum absolute atomic E-state index is 0.774. The van der Waals surface area contributed by atoms with Crippen molar-refractivity contribution in [2.45, 2.75) is 19.9 Å². The molecule has 1 aliphatic rings. The van der Waals surface area contributed by atoms with Crippen LogP contribution in [0.2, 0.25) is 0 Å². The minimum atomic E-state index is 0.774. The van der Waals surface area contributed by atoms with Gasteiger partial charge in [-0.15, -0.1) is 11.3 Å². The topological polar surface area (TPSA) is 49.3 Å². The lowest BCUT2D eigenvalue weighted by molar-refractivity contribution is 0.859. The van der Waals surface area contributed by atoms with Gasteiger partial charge >= 0.3 is 0 Å². The van der Waals surface area contributed by atoms with Crippen molar-refractivity contribution < 1.29 is 0 Å². The van der Waals surface area contributed by atoms with Gasteiger partial charge in [0.25, 0.3) is 0 Å². The van der Waals surface area contributed by atoms with Gasteiger partial charge in [-0.25, -0.2) is 4.98 Å². The first-order valence-corrected chi connectivity index (χ1v) is 5.66. The molecule has 0 fully saturated rings. The van der Waals surface area contributed by atoms with E-state index in [0.29, 0.717) is 0 Å². The SMILES string of the molecule is CCc1cnc(CNC2=NCCN2)s1. The molecule has 0 saturated heterocycles. The Bertz CT molecular complexity index is 331. The van der Waals surface area contributed by atoms with Crippen LogP contribution in [0.4, 0.5) is 0 Å². The van der Waals surface area contributed by atoms with Crippen LogP contribution in [0, 0.1) is 0 Å². The highest BCUT2D eigenvalue weighted by Gasteiger charge is 2.05. The number of nitrogens with zero attached hydrogens (tertiary/aromatic N) is 2. The molecule has 2 N–H and O–H groups in total. The Kier molecular flexibility index (Phi) is 2.98. The van der Waals surface area contributed by atoms with Crippen LogP contribution >= 0.6 is 11.3 Å². The lowest BCUT2D eigenvalue weighted by atomic mass is 10.4. The van der Waals surface area contributed by atoms with Crippen molar-refractivity contribution in [3.8, 4) is 0 Å². The van der Waals surface area contributed by atoms with Crippen LogP contribution in [-0.2, 0) is 13.0 Å². The predicted molar refractivity (Wildman–Crippen MR) is 58.6 cm³/mol. The second kappa shape index (κ2) is 4.41. The van der Waals surface area contributed by atoms with Gasteiger partial charge in [-0.3, -0.25) is 4.99 Å². The first-order valence-electron chi connectivity index (χ1n) is 4.84. The number of nitrogens with one attached hydrogen (secondary N) is 2. The molecule has 1 aromatic heterocycles. The Morgan fingerprint density at radius 2 is 2.57 bits per heavy atom. The van der Waals surface area contributed by atoms with E-state index in [0.717, 1.165) is 37.0 Å². The molecule has 0 radical (unpaired) electrons. The van der Waals surface area contributed by atoms with Crippen molar-refractivity contribution in [3.05, 3.63) is 16.1 Å². The standard InChI is InChI=1S/C9H14N4S/c1-2-7-5-12-8(14-7)6-13-9-10-3-4-11-9/h5H,2-4,6H2,1H3,(H2,10,11,13). The summed E-state index contributed by atoms with van der Waals surface area (Å²) in [6, 6.07) is 0. The van der Waals surface area contributed by atoms with Crippen molar-refractivity contribution in [1.82, 2.24) is 15.6 Å². The molecule has 0 spiro atoms. The molecule has 0 aromatic carbocycles. The molecule has 0 saturated carbocycles. The number of aryl methyl sites for hydroxylation is 1. The smallest absolute Gasteiger partial charge is 0.191 e. The predicted octanol–water partition coefficient (Wildman–Crippen LogP) is 0.754. The normalized spacial score (nSPS) is 15.1. The van der Waals surface area contributed by atoms with E-state index >= 15 is 0 Å². The fourth-order valence-corrected chi connectivity index (χ4v) is 2.07. The van der Waals surface area contributed by atoms with Gasteiger partial charge in [0.05, 0.1) is 13.1 Å². The molecule has 2 rings (SSSR count). The summed E-state index contributed by atoms with van der Waals surface area (Å²) in [5.74, 6) is 0.901. The largest absolute Gasteiger partial charge is 0.355 e. The highest BCUT2D eigenvalue weighted by molar-refractivity contribution is 7.11. The second-order valence-electron chi connectivity index (χ2n) is 3.08. The number of aliphatic imine (C=N–C) groups is 1. The summed E-state index contributed by atoms with van der Waals surface area (Å²) in [6.07, 6.45) is 3.02. The third-order valence-corrected chi connectivity index (χ3v) is 3.17. The highest BCUT2D eigenvalue weighted by Crippen LogP contribution is 2.12. The van der Waals surface area contributed by atoms with Gasteiger partial charge in [-0.1, -0.05) is 6.92 Å². The summed E-state index contributed by atoms with van der Waals surface area (Å²) in [5.41, 5.74) is 0. The maximum absolute atomic E-state index is 4.32. The van der Waals surface area contributed by atoms with Crippen molar-refractivity contribution in [3.63, 3.8) is 0 Å². The van der Waals surface area contributed by atoms with E-state index < -0.39 is 0 Å². The maximum atomic E-state index is 4.32. The Balaban J connectivity index is 1.85. The van der Waals surface area contributed by atoms with Crippen LogP contribution in [0.5, 0.6) is 0 Å². The summed E-state index contributed by atoms with van der Waals surface area (Å²) in [7, 11) is 0. The van der Waals surface area contributed by atoms with Crippen molar-refractivity contribution in [2.75, 3.05) is 13.1 Å². The van der Waals surface area contributed by atoms with Crippen LogP contribution in [0.3, 0.4) is 0 Å². The molecule has 0 amide bonds. The molecule has 14 heavy (non-hydrogen) atoms. The zero-order chi connectivity index (χ0) is 9.80. The molecule has 2 heterocycles. The average Bonchev–Trinajstić information content (AvgIpc) is 2.86. The number of hydrogen-bond acceptors (Lipinski definition) is 5. The van der Waals surface area contributed by atoms with E-state index in [-0.39, 0.29) is 0 Å². The van der Waals surface area contributed by atoms with E-state index in [1.165, 1.54) is 4.88 Å². The van der Waals surface area contributed by atoms with E-state index in [2.05, 4.69) is 27.5 Å². The van der Waals surface area contributed by atoms with Gasteiger partial charge < -0.3 is 10.6 Å². The zero-order valence-electron chi connectivity index (χ0n) is 8.21. The quantitative estimate of drug-likeness (QED) is 0.774. The van der Waals surface area contributed by atoms with Gasteiger partial charge in [0.15, 0.2) is 5.96 Å². The van der Waals surface area contributed by atoms with E-state index in [9.17, 15) is 0 Å². The van der Waals surface area contributed by atoms with Crippen LogP contribution in [0.15, 0.2) is 11.2 Å². The van der Waals surface area contributed by atoms with Gasteiger partial charge in [0.1, 0.15) is 5.01 Å². The molecule has 4 nitrogen and oxygen atoms in total. The first-order chi connectivity index (χ1) is 6.88. The van der Waals surface area contributed by atoms with E-state index in [1.54, 1.807) is 11.3 Å². The molecule has 0 unspecified atom stereocenters.